The van der Waals surface area contributed by atoms with Gasteiger partial charge in [-0.2, -0.15) is 5.10 Å². The molecule has 0 aromatic carbocycles. The summed E-state index contributed by atoms with van der Waals surface area (Å²) in [7, 11) is -3.47. The van der Waals surface area contributed by atoms with Crippen molar-refractivity contribution in [3.63, 3.8) is 0 Å². The predicted molar refractivity (Wildman–Crippen MR) is 78.8 cm³/mol. The third-order valence-electron chi connectivity index (χ3n) is 2.48. The smallest absolute Gasteiger partial charge is 0.250 e. The van der Waals surface area contributed by atoms with Crippen molar-refractivity contribution in [2.24, 2.45) is 0 Å². The number of hydrogen-bond acceptors (Lipinski definition) is 4. The minimum Gasteiger partial charge on any atom is -0.271 e. The van der Waals surface area contributed by atoms with Crippen LogP contribution < -0.4 is 4.72 Å². The lowest BCUT2D eigenvalue weighted by atomic mass is 10.4. The van der Waals surface area contributed by atoms with Gasteiger partial charge >= 0.3 is 0 Å². The molecule has 0 spiro atoms. The van der Waals surface area contributed by atoms with Crippen molar-refractivity contribution in [2.45, 2.75) is 30.6 Å². The Labute approximate surface area is 124 Å². The predicted octanol–water partition coefficient (Wildman–Crippen LogP) is 2.38. The number of nitrogens with one attached hydrogen (secondary N) is 1. The van der Waals surface area contributed by atoms with E-state index in [9.17, 15) is 8.42 Å². The third kappa shape index (κ3) is 3.65. The van der Waals surface area contributed by atoms with Gasteiger partial charge in [0.2, 0.25) is 10.0 Å². The summed E-state index contributed by atoms with van der Waals surface area (Å²) in [5, 5.41) is 4.05. The zero-order chi connectivity index (χ0) is 14.0. The maximum atomic E-state index is 12.2. The average Bonchev–Trinajstić information content (AvgIpc) is 2.89. The number of halogens is 1. The van der Waals surface area contributed by atoms with Crippen LogP contribution in [0, 0.1) is 6.92 Å². The van der Waals surface area contributed by atoms with Crippen LogP contribution in [0.2, 0.25) is 0 Å². The van der Waals surface area contributed by atoms with Crippen molar-refractivity contribution in [3.8, 4) is 0 Å². The molecule has 0 aliphatic rings. The minimum absolute atomic E-state index is 0.230. The van der Waals surface area contributed by atoms with Gasteiger partial charge in [0.25, 0.3) is 0 Å². The summed E-state index contributed by atoms with van der Waals surface area (Å²) in [5.74, 6) is 0. The molecule has 0 fully saturated rings. The van der Waals surface area contributed by atoms with E-state index in [1.165, 1.54) is 11.3 Å². The Balaban J connectivity index is 2.08. The Morgan fingerprint density at radius 3 is 2.84 bits per heavy atom. The van der Waals surface area contributed by atoms with E-state index in [0.717, 1.165) is 9.35 Å². The molecule has 0 bridgehead atoms. The lowest BCUT2D eigenvalue weighted by Gasteiger charge is -2.13. The van der Waals surface area contributed by atoms with Crippen LogP contribution in [-0.2, 0) is 16.6 Å². The molecule has 19 heavy (non-hydrogen) atoms. The molecule has 5 nitrogen and oxygen atoms in total. The molecule has 2 rings (SSSR count). The lowest BCUT2D eigenvalue weighted by Crippen LogP contribution is -2.35. The van der Waals surface area contributed by atoms with Crippen molar-refractivity contribution in [1.82, 2.24) is 14.5 Å². The normalized spacial score (nSPS) is 13.6. The molecular weight excluding hydrogens is 350 g/mol. The molecule has 1 atom stereocenters. The number of rotatable bonds is 5. The molecule has 8 heteroatoms. The molecule has 104 valence electrons. The fraction of sp³-hybridized carbons (Fsp3) is 0.364. The molecule has 0 aliphatic carbocycles. The lowest BCUT2D eigenvalue weighted by molar-refractivity contribution is 0.494. The Morgan fingerprint density at radius 1 is 1.58 bits per heavy atom. The summed E-state index contributed by atoms with van der Waals surface area (Å²) in [6.07, 6.45) is 3.47. The molecule has 0 radical (unpaired) electrons. The molecular formula is C11H14BrN3O2S2. The van der Waals surface area contributed by atoms with Gasteiger partial charge in [0.05, 0.1) is 10.3 Å². The number of thiophene rings is 1. The van der Waals surface area contributed by atoms with Gasteiger partial charge in [0.15, 0.2) is 0 Å². The molecule has 0 saturated carbocycles. The number of sulfonamides is 1. The standard InChI is InChI=1S/C11H14BrN3O2S2/c1-8-6-10(18-11(8)12)19(16,17)14-9(2)7-15-5-3-4-13-15/h3-6,9,14H,7H2,1-2H3. The largest absolute Gasteiger partial charge is 0.271 e. The minimum atomic E-state index is -3.47. The highest BCUT2D eigenvalue weighted by Gasteiger charge is 2.20. The second-order valence-electron chi connectivity index (χ2n) is 4.27. The van der Waals surface area contributed by atoms with E-state index in [4.69, 9.17) is 0 Å². The first-order valence-electron chi connectivity index (χ1n) is 5.64. The van der Waals surface area contributed by atoms with Crippen LogP contribution in [-0.4, -0.2) is 24.2 Å². The average molecular weight is 364 g/mol. The van der Waals surface area contributed by atoms with Crippen molar-refractivity contribution in [2.75, 3.05) is 0 Å². The molecule has 1 N–H and O–H groups in total. The SMILES string of the molecule is Cc1cc(S(=O)(=O)NC(C)Cn2cccn2)sc1Br. The Morgan fingerprint density at radius 2 is 2.32 bits per heavy atom. The van der Waals surface area contributed by atoms with Gasteiger partial charge < -0.3 is 0 Å². The monoisotopic (exact) mass is 363 g/mol. The second kappa shape index (κ2) is 5.74. The fourth-order valence-electron chi connectivity index (χ4n) is 1.61. The maximum Gasteiger partial charge on any atom is 0.250 e. The first-order chi connectivity index (χ1) is 8.88. The van der Waals surface area contributed by atoms with Gasteiger partial charge in [-0.15, -0.1) is 11.3 Å². The van der Waals surface area contributed by atoms with Gasteiger partial charge in [-0.1, -0.05) is 0 Å². The summed E-state index contributed by atoms with van der Waals surface area (Å²) in [4.78, 5) is 0. The molecule has 0 amide bonds. The van der Waals surface area contributed by atoms with E-state index in [0.29, 0.717) is 10.8 Å². The zero-order valence-electron chi connectivity index (χ0n) is 10.5. The summed E-state index contributed by atoms with van der Waals surface area (Å²) >= 11 is 4.55. The molecule has 2 aromatic rings. The van der Waals surface area contributed by atoms with Crippen LogP contribution in [0.4, 0.5) is 0 Å². The van der Waals surface area contributed by atoms with Crippen LogP contribution in [0.5, 0.6) is 0 Å². The maximum absolute atomic E-state index is 12.2. The van der Waals surface area contributed by atoms with Gasteiger partial charge in [-0.05, 0) is 47.5 Å². The van der Waals surface area contributed by atoms with Crippen molar-refractivity contribution < 1.29 is 8.42 Å². The summed E-state index contributed by atoms with van der Waals surface area (Å²) in [6.45, 7) is 4.18. The highest BCUT2D eigenvalue weighted by molar-refractivity contribution is 9.11. The molecule has 2 heterocycles. The molecule has 0 saturated heterocycles. The van der Waals surface area contributed by atoms with Crippen LogP contribution in [0.25, 0.3) is 0 Å². The van der Waals surface area contributed by atoms with E-state index < -0.39 is 10.0 Å². The van der Waals surface area contributed by atoms with Crippen molar-refractivity contribution >= 4 is 37.3 Å². The number of nitrogens with zero attached hydrogens (tertiary/aromatic N) is 2. The quantitative estimate of drug-likeness (QED) is 0.886. The van der Waals surface area contributed by atoms with Crippen molar-refractivity contribution in [1.29, 1.82) is 0 Å². The number of aryl methyl sites for hydroxylation is 1. The van der Waals surface area contributed by atoms with Gasteiger partial charge in [0.1, 0.15) is 4.21 Å². The van der Waals surface area contributed by atoms with Crippen LogP contribution >= 0.6 is 27.3 Å². The van der Waals surface area contributed by atoms with Gasteiger partial charge in [-0.3, -0.25) is 4.68 Å². The van der Waals surface area contributed by atoms with Gasteiger partial charge in [0, 0.05) is 18.4 Å². The van der Waals surface area contributed by atoms with Crippen LogP contribution in [0.3, 0.4) is 0 Å². The molecule has 1 unspecified atom stereocenters. The van der Waals surface area contributed by atoms with Gasteiger partial charge in [-0.25, -0.2) is 13.1 Å². The highest BCUT2D eigenvalue weighted by Crippen LogP contribution is 2.30. The molecule has 0 aliphatic heterocycles. The third-order valence-corrected chi connectivity index (χ3v) is 6.68. The first-order valence-corrected chi connectivity index (χ1v) is 8.73. The van der Waals surface area contributed by atoms with Crippen LogP contribution in [0.1, 0.15) is 12.5 Å². The summed E-state index contributed by atoms with van der Waals surface area (Å²) < 4.78 is 29.9. The number of hydrogen-bond donors (Lipinski definition) is 1. The summed E-state index contributed by atoms with van der Waals surface area (Å²) in [5.41, 5.74) is 0.921. The van der Waals surface area contributed by atoms with E-state index in [1.54, 1.807) is 29.2 Å². The number of aromatic nitrogens is 2. The zero-order valence-corrected chi connectivity index (χ0v) is 13.7. The van der Waals surface area contributed by atoms with E-state index >= 15 is 0 Å². The van der Waals surface area contributed by atoms with E-state index in [-0.39, 0.29) is 6.04 Å². The summed E-state index contributed by atoms with van der Waals surface area (Å²) in [6, 6.07) is 3.24. The fourth-order valence-corrected chi connectivity index (χ4v) is 5.09. The Hall–Kier alpha value is -0.700. The first kappa shape index (κ1) is 14.7. The topological polar surface area (TPSA) is 64.0 Å². The second-order valence-corrected chi connectivity index (χ2v) is 8.58. The van der Waals surface area contributed by atoms with E-state index in [2.05, 4.69) is 25.8 Å². The Kier molecular flexibility index (Phi) is 4.44. The Bertz CT molecular complexity index is 630. The van der Waals surface area contributed by atoms with E-state index in [1.807, 2.05) is 13.8 Å². The van der Waals surface area contributed by atoms with Crippen molar-refractivity contribution in [3.05, 3.63) is 33.9 Å². The highest BCUT2D eigenvalue weighted by atomic mass is 79.9. The van der Waals surface area contributed by atoms with Crippen LogP contribution in [0.15, 0.2) is 32.5 Å². The molecule has 2 aromatic heterocycles.